The molecule has 21 heavy (non-hydrogen) atoms. The van der Waals surface area contributed by atoms with Crippen LogP contribution in [0.15, 0.2) is 12.1 Å². The third-order valence-electron chi connectivity index (χ3n) is 3.51. The quantitative estimate of drug-likeness (QED) is 0.845. The minimum Gasteiger partial charge on any atom is -0.347 e. The molecule has 7 heteroatoms. The van der Waals surface area contributed by atoms with E-state index in [1.165, 1.54) is 4.90 Å². The van der Waals surface area contributed by atoms with E-state index in [9.17, 15) is 18.0 Å². The highest BCUT2D eigenvalue weighted by molar-refractivity contribution is 5.81. The van der Waals surface area contributed by atoms with Crippen molar-refractivity contribution in [2.24, 2.45) is 0 Å². The van der Waals surface area contributed by atoms with Gasteiger partial charge in [0.15, 0.2) is 17.5 Å². The zero-order valence-electron chi connectivity index (χ0n) is 12.0. The van der Waals surface area contributed by atoms with Crippen molar-refractivity contribution in [2.75, 3.05) is 33.7 Å². The van der Waals surface area contributed by atoms with E-state index < -0.39 is 23.5 Å². The molecule has 1 fully saturated rings. The van der Waals surface area contributed by atoms with Crippen molar-refractivity contribution in [1.82, 2.24) is 15.1 Å². The Labute approximate surface area is 121 Å². The predicted molar refractivity (Wildman–Crippen MR) is 72.1 cm³/mol. The summed E-state index contributed by atoms with van der Waals surface area (Å²) in [5.74, 6) is -3.98. The molecule has 1 amide bonds. The molecule has 1 saturated heterocycles. The van der Waals surface area contributed by atoms with E-state index in [1.807, 2.05) is 4.90 Å². The highest BCUT2D eigenvalue weighted by Crippen LogP contribution is 2.17. The Morgan fingerprint density at radius 1 is 1.33 bits per heavy atom. The van der Waals surface area contributed by atoms with Crippen LogP contribution < -0.4 is 5.32 Å². The van der Waals surface area contributed by atoms with Gasteiger partial charge in [-0.2, -0.15) is 0 Å². The smallest absolute Gasteiger partial charge is 0.240 e. The van der Waals surface area contributed by atoms with Gasteiger partial charge in [0.05, 0.1) is 0 Å². The number of nitrogens with one attached hydrogen (secondary N) is 1. The lowest BCUT2D eigenvalue weighted by Gasteiger charge is -2.36. The van der Waals surface area contributed by atoms with Crippen LogP contribution >= 0.6 is 0 Å². The summed E-state index contributed by atoms with van der Waals surface area (Å²) < 4.78 is 39.5. The fraction of sp³-hybridized carbons (Fsp3) is 0.500. The summed E-state index contributed by atoms with van der Waals surface area (Å²) in [6, 6.07) is 1.54. The monoisotopic (exact) mass is 301 g/mol. The van der Waals surface area contributed by atoms with Gasteiger partial charge in [0, 0.05) is 40.3 Å². The summed E-state index contributed by atoms with van der Waals surface area (Å²) in [6.07, 6.45) is 0. The van der Waals surface area contributed by atoms with Crippen molar-refractivity contribution in [1.29, 1.82) is 0 Å². The Bertz CT molecular complexity index is 513. The third-order valence-corrected chi connectivity index (χ3v) is 3.51. The minimum atomic E-state index is -1.47. The fourth-order valence-corrected chi connectivity index (χ4v) is 2.41. The number of hydrogen-bond donors (Lipinski definition) is 1. The summed E-state index contributed by atoms with van der Waals surface area (Å²) >= 11 is 0. The van der Waals surface area contributed by atoms with Crippen molar-refractivity contribution in [2.45, 2.75) is 12.6 Å². The number of hydrogen-bond acceptors (Lipinski definition) is 3. The number of halogens is 3. The van der Waals surface area contributed by atoms with Crippen LogP contribution in [0.2, 0.25) is 0 Å². The van der Waals surface area contributed by atoms with Gasteiger partial charge in [-0.1, -0.05) is 0 Å². The lowest BCUT2D eigenvalue weighted by Crippen LogP contribution is -2.57. The topological polar surface area (TPSA) is 35.6 Å². The first kappa shape index (κ1) is 15.8. The number of likely N-dealkylation sites (N-methyl/N-ethyl adjacent to an activating group) is 1. The molecular weight excluding hydrogens is 283 g/mol. The van der Waals surface area contributed by atoms with Gasteiger partial charge in [0.1, 0.15) is 6.04 Å². The third kappa shape index (κ3) is 3.54. The van der Waals surface area contributed by atoms with Crippen LogP contribution in [-0.2, 0) is 11.3 Å². The molecule has 1 heterocycles. The molecule has 1 unspecified atom stereocenters. The zero-order chi connectivity index (χ0) is 15.6. The Hall–Kier alpha value is -1.60. The number of rotatable bonds is 3. The number of nitrogens with zero attached hydrogens (tertiary/aromatic N) is 2. The van der Waals surface area contributed by atoms with Gasteiger partial charge in [-0.05, 0) is 17.7 Å². The van der Waals surface area contributed by atoms with E-state index in [-0.39, 0.29) is 12.5 Å². The molecular formula is C14H18F3N3O. The van der Waals surface area contributed by atoms with Gasteiger partial charge in [-0.3, -0.25) is 9.69 Å². The number of benzene rings is 1. The Balaban J connectivity index is 2.18. The second-order valence-corrected chi connectivity index (χ2v) is 5.30. The van der Waals surface area contributed by atoms with E-state index >= 15 is 0 Å². The molecule has 1 aliphatic rings. The van der Waals surface area contributed by atoms with Gasteiger partial charge in [-0.15, -0.1) is 0 Å². The molecule has 1 aliphatic heterocycles. The fourth-order valence-electron chi connectivity index (χ4n) is 2.41. The zero-order valence-corrected chi connectivity index (χ0v) is 12.0. The average Bonchev–Trinajstić information content (AvgIpc) is 2.44. The molecule has 0 radical (unpaired) electrons. The van der Waals surface area contributed by atoms with Gasteiger partial charge in [0.2, 0.25) is 5.91 Å². The number of carbonyl (C=O) groups is 1. The van der Waals surface area contributed by atoms with Gasteiger partial charge < -0.3 is 10.2 Å². The van der Waals surface area contributed by atoms with E-state index in [1.54, 1.807) is 14.1 Å². The first-order valence-corrected chi connectivity index (χ1v) is 6.69. The highest BCUT2D eigenvalue weighted by Gasteiger charge is 2.29. The Morgan fingerprint density at radius 2 is 1.95 bits per heavy atom. The Morgan fingerprint density at radius 3 is 2.52 bits per heavy atom. The standard InChI is InChI=1S/C14H18F3N3O/c1-19(2)14(21)12-7-18-3-4-20(12)8-9-5-10(15)13(17)11(16)6-9/h5-6,12,18H,3-4,7-8H2,1-2H3. The maximum Gasteiger partial charge on any atom is 0.240 e. The molecule has 0 spiro atoms. The molecule has 116 valence electrons. The van der Waals surface area contributed by atoms with Crippen LogP contribution in [0.1, 0.15) is 5.56 Å². The molecule has 0 aliphatic carbocycles. The molecule has 1 N–H and O–H groups in total. The minimum absolute atomic E-state index is 0.0785. The summed E-state index contributed by atoms with van der Waals surface area (Å²) in [6.45, 7) is 1.93. The Kier molecular flexibility index (Phi) is 4.84. The SMILES string of the molecule is CN(C)C(=O)C1CNCCN1Cc1cc(F)c(F)c(F)c1. The van der Waals surface area contributed by atoms with Crippen molar-refractivity contribution in [3.63, 3.8) is 0 Å². The lowest BCUT2D eigenvalue weighted by molar-refractivity contribution is -0.135. The largest absolute Gasteiger partial charge is 0.347 e. The molecule has 0 saturated carbocycles. The predicted octanol–water partition coefficient (Wildman–Crippen LogP) is 0.966. The first-order chi connectivity index (χ1) is 9.90. The van der Waals surface area contributed by atoms with Gasteiger partial charge >= 0.3 is 0 Å². The maximum absolute atomic E-state index is 13.3. The van der Waals surface area contributed by atoms with Crippen LogP contribution in [0, 0.1) is 17.5 Å². The number of piperazine rings is 1. The van der Waals surface area contributed by atoms with Crippen LogP contribution in [-0.4, -0.2) is 55.5 Å². The highest BCUT2D eigenvalue weighted by atomic mass is 19.2. The lowest BCUT2D eigenvalue weighted by atomic mass is 10.1. The number of carbonyl (C=O) groups excluding carboxylic acids is 1. The van der Waals surface area contributed by atoms with Crippen molar-refractivity contribution in [3.8, 4) is 0 Å². The summed E-state index contributed by atoms with van der Waals surface area (Å²) in [5, 5.41) is 3.12. The summed E-state index contributed by atoms with van der Waals surface area (Å²) in [7, 11) is 3.32. The van der Waals surface area contributed by atoms with Gasteiger partial charge in [-0.25, -0.2) is 13.2 Å². The molecule has 0 aromatic heterocycles. The van der Waals surface area contributed by atoms with Crippen molar-refractivity contribution in [3.05, 3.63) is 35.1 Å². The first-order valence-electron chi connectivity index (χ1n) is 6.69. The molecule has 1 aromatic rings. The van der Waals surface area contributed by atoms with E-state index in [2.05, 4.69) is 5.32 Å². The maximum atomic E-state index is 13.3. The van der Waals surface area contributed by atoms with Crippen LogP contribution in [0.25, 0.3) is 0 Å². The van der Waals surface area contributed by atoms with Crippen LogP contribution in [0.4, 0.5) is 13.2 Å². The van der Waals surface area contributed by atoms with E-state index in [0.29, 0.717) is 25.2 Å². The van der Waals surface area contributed by atoms with Crippen LogP contribution in [0.3, 0.4) is 0 Å². The van der Waals surface area contributed by atoms with E-state index in [0.717, 1.165) is 12.1 Å². The second kappa shape index (κ2) is 6.44. The average molecular weight is 301 g/mol. The molecule has 0 bridgehead atoms. The van der Waals surface area contributed by atoms with E-state index in [4.69, 9.17) is 0 Å². The van der Waals surface area contributed by atoms with Crippen molar-refractivity contribution < 1.29 is 18.0 Å². The molecule has 2 rings (SSSR count). The summed E-state index contributed by atoms with van der Waals surface area (Å²) in [5.41, 5.74) is 0.310. The molecule has 1 aromatic carbocycles. The number of amides is 1. The summed E-state index contributed by atoms with van der Waals surface area (Å²) in [4.78, 5) is 15.4. The van der Waals surface area contributed by atoms with Crippen LogP contribution in [0.5, 0.6) is 0 Å². The second-order valence-electron chi connectivity index (χ2n) is 5.30. The normalized spacial score (nSPS) is 19.6. The van der Waals surface area contributed by atoms with Gasteiger partial charge in [0.25, 0.3) is 0 Å². The molecule has 4 nitrogen and oxygen atoms in total. The van der Waals surface area contributed by atoms with Crippen molar-refractivity contribution >= 4 is 5.91 Å². The molecule has 1 atom stereocenters.